The van der Waals surface area contributed by atoms with Gasteiger partial charge in [-0.2, -0.15) is 0 Å². The predicted molar refractivity (Wildman–Crippen MR) is 69.3 cm³/mol. The Morgan fingerprint density at radius 2 is 2.11 bits per heavy atom. The first-order valence-electron chi connectivity index (χ1n) is 6.79. The first-order chi connectivity index (χ1) is 9.19. The second-order valence-electron chi connectivity index (χ2n) is 5.61. The van der Waals surface area contributed by atoms with Gasteiger partial charge in [0.2, 0.25) is 0 Å². The number of amides is 1. The summed E-state index contributed by atoms with van der Waals surface area (Å²) >= 11 is 0. The van der Waals surface area contributed by atoms with Crippen LogP contribution in [0.4, 0.5) is 4.39 Å². The van der Waals surface area contributed by atoms with Crippen LogP contribution in [0.5, 0.6) is 0 Å². The van der Waals surface area contributed by atoms with Crippen molar-refractivity contribution in [2.75, 3.05) is 26.2 Å². The Morgan fingerprint density at radius 3 is 2.74 bits per heavy atom. The third-order valence-electron chi connectivity index (χ3n) is 4.40. The van der Waals surface area contributed by atoms with Gasteiger partial charge >= 0.3 is 0 Å². The van der Waals surface area contributed by atoms with Gasteiger partial charge in [0.25, 0.3) is 5.91 Å². The molecular weight excluding hydrogens is 245 g/mol. The number of carbonyl (C=O) groups is 1. The lowest BCUT2D eigenvalue weighted by Gasteiger charge is -2.38. The zero-order valence-corrected chi connectivity index (χ0v) is 10.9. The lowest BCUT2D eigenvalue weighted by molar-refractivity contribution is 0.0607. The SMILES string of the molecule is O=C(c1cncc(F)c1)N1CCC2(CCNC2)CC1. The fourth-order valence-electron chi connectivity index (χ4n) is 3.12. The van der Waals surface area contributed by atoms with Crippen LogP contribution >= 0.6 is 0 Å². The molecule has 3 rings (SSSR count). The summed E-state index contributed by atoms with van der Waals surface area (Å²) in [5.74, 6) is -0.563. The zero-order valence-electron chi connectivity index (χ0n) is 10.9. The van der Waals surface area contributed by atoms with E-state index in [1.807, 2.05) is 4.90 Å². The van der Waals surface area contributed by atoms with Crippen LogP contribution in [0, 0.1) is 11.2 Å². The van der Waals surface area contributed by atoms with Crippen molar-refractivity contribution >= 4 is 5.91 Å². The molecule has 2 aliphatic heterocycles. The molecular formula is C14H18FN3O. The molecule has 0 aromatic carbocycles. The number of pyridine rings is 1. The molecule has 1 spiro atoms. The number of hydrogen-bond donors (Lipinski definition) is 1. The lowest BCUT2D eigenvalue weighted by atomic mass is 9.78. The summed E-state index contributed by atoms with van der Waals surface area (Å²) in [6.07, 6.45) is 5.83. The quantitative estimate of drug-likeness (QED) is 0.834. The molecule has 4 nitrogen and oxygen atoms in total. The molecule has 2 aliphatic rings. The Kier molecular flexibility index (Phi) is 3.22. The van der Waals surface area contributed by atoms with E-state index in [0.29, 0.717) is 11.0 Å². The third-order valence-corrected chi connectivity index (χ3v) is 4.40. The average molecular weight is 263 g/mol. The molecule has 1 aromatic heterocycles. The molecule has 2 fully saturated rings. The maximum atomic E-state index is 13.1. The van der Waals surface area contributed by atoms with Crippen molar-refractivity contribution in [2.24, 2.45) is 5.41 Å². The number of carbonyl (C=O) groups excluding carboxylic acids is 1. The minimum absolute atomic E-state index is 0.104. The number of piperidine rings is 1. The van der Waals surface area contributed by atoms with Gasteiger partial charge in [0, 0.05) is 25.8 Å². The second-order valence-corrected chi connectivity index (χ2v) is 5.61. The van der Waals surface area contributed by atoms with E-state index in [4.69, 9.17) is 0 Å². The van der Waals surface area contributed by atoms with E-state index in [1.54, 1.807) is 0 Å². The smallest absolute Gasteiger partial charge is 0.255 e. The highest BCUT2D eigenvalue weighted by Crippen LogP contribution is 2.37. The number of likely N-dealkylation sites (tertiary alicyclic amines) is 1. The molecule has 3 heterocycles. The van der Waals surface area contributed by atoms with Crippen LogP contribution in [0.3, 0.4) is 0 Å². The van der Waals surface area contributed by atoms with E-state index in [2.05, 4.69) is 10.3 Å². The predicted octanol–water partition coefficient (Wildman–Crippen LogP) is 1.44. The Bertz CT molecular complexity index is 475. The van der Waals surface area contributed by atoms with Crippen molar-refractivity contribution in [1.82, 2.24) is 15.2 Å². The topological polar surface area (TPSA) is 45.2 Å². The highest BCUT2D eigenvalue weighted by molar-refractivity contribution is 5.93. The summed E-state index contributed by atoms with van der Waals surface area (Å²) in [6, 6.07) is 1.26. The van der Waals surface area contributed by atoms with Gasteiger partial charge in [-0.15, -0.1) is 0 Å². The monoisotopic (exact) mass is 263 g/mol. The highest BCUT2D eigenvalue weighted by Gasteiger charge is 2.38. The molecule has 0 bridgehead atoms. The molecule has 0 radical (unpaired) electrons. The molecule has 5 heteroatoms. The number of nitrogens with zero attached hydrogens (tertiary/aromatic N) is 2. The normalized spacial score (nSPS) is 21.8. The second kappa shape index (κ2) is 4.89. The van der Waals surface area contributed by atoms with E-state index in [1.165, 1.54) is 18.7 Å². The van der Waals surface area contributed by atoms with Gasteiger partial charge in [0.05, 0.1) is 11.8 Å². The molecule has 1 amide bonds. The molecule has 19 heavy (non-hydrogen) atoms. The van der Waals surface area contributed by atoms with Crippen LogP contribution in [0.1, 0.15) is 29.6 Å². The van der Waals surface area contributed by atoms with E-state index < -0.39 is 5.82 Å². The molecule has 0 atom stereocenters. The summed E-state index contributed by atoms with van der Waals surface area (Å²) in [5.41, 5.74) is 0.734. The van der Waals surface area contributed by atoms with Crippen molar-refractivity contribution in [1.29, 1.82) is 0 Å². The van der Waals surface area contributed by atoms with E-state index in [0.717, 1.165) is 45.2 Å². The molecule has 1 aromatic rings. The van der Waals surface area contributed by atoms with E-state index in [-0.39, 0.29) is 5.91 Å². The molecule has 0 aliphatic carbocycles. The van der Waals surface area contributed by atoms with Crippen molar-refractivity contribution in [3.05, 3.63) is 29.8 Å². The van der Waals surface area contributed by atoms with Crippen LogP contribution < -0.4 is 5.32 Å². The first kappa shape index (κ1) is 12.5. The van der Waals surface area contributed by atoms with Crippen molar-refractivity contribution in [2.45, 2.75) is 19.3 Å². The summed E-state index contributed by atoms with van der Waals surface area (Å²) in [4.78, 5) is 17.8. The fraction of sp³-hybridized carbons (Fsp3) is 0.571. The number of hydrogen-bond acceptors (Lipinski definition) is 3. The van der Waals surface area contributed by atoms with Crippen LogP contribution in [0.15, 0.2) is 18.5 Å². The third kappa shape index (κ3) is 2.47. The Balaban J connectivity index is 1.66. The standard InChI is InChI=1S/C14H18FN3O/c15-12-7-11(8-17-9-12)13(19)18-5-2-14(3-6-18)1-4-16-10-14/h7-9,16H,1-6,10H2. The number of nitrogens with one attached hydrogen (secondary N) is 1. The maximum absolute atomic E-state index is 13.1. The molecule has 1 N–H and O–H groups in total. The summed E-state index contributed by atoms with van der Waals surface area (Å²) in [6.45, 7) is 3.67. The first-order valence-corrected chi connectivity index (χ1v) is 6.79. The maximum Gasteiger partial charge on any atom is 0.255 e. The van der Waals surface area contributed by atoms with E-state index >= 15 is 0 Å². The average Bonchev–Trinajstić information content (AvgIpc) is 2.87. The Labute approximate surface area is 112 Å². The van der Waals surface area contributed by atoms with Gasteiger partial charge in [-0.05, 0) is 37.3 Å². The van der Waals surface area contributed by atoms with Gasteiger partial charge in [-0.3, -0.25) is 9.78 Å². The van der Waals surface area contributed by atoms with Gasteiger partial charge in [0.15, 0.2) is 0 Å². The van der Waals surface area contributed by atoms with Gasteiger partial charge < -0.3 is 10.2 Å². The van der Waals surface area contributed by atoms with Crippen LogP contribution in [0.2, 0.25) is 0 Å². The molecule has 2 saturated heterocycles. The molecule has 102 valence electrons. The van der Waals surface area contributed by atoms with Crippen LogP contribution in [0.25, 0.3) is 0 Å². The lowest BCUT2D eigenvalue weighted by Crippen LogP contribution is -2.44. The highest BCUT2D eigenvalue weighted by atomic mass is 19.1. The van der Waals surface area contributed by atoms with Gasteiger partial charge in [-0.25, -0.2) is 4.39 Å². The van der Waals surface area contributed by atoms with Crippen molar-refractivity contribution in [3.63, 3.8) is 0 Å². The Morgan fingerprint density at radius 1 is 1.32 bits per heavy atom. The van der Waals surface area contributed by atoms with Crippen molar-refractivity contribution < 1.29 is 9.18 Å². The number of halogens is 1. The molecule has 0 saturated carbocycles. The van der Waals surface area contributed by atoms with E-state index in [9.17, 15) is 9.18 Å². The minimum atomic E-state index is -0.459. The summed E-state index contributed by atoms with van der Waals surface area (Å²) < 4.78 is 13.1. The largest absolute Gasteiger partial charge is 0.339 e. The van der Waals surface area contributed by atoms with Gasteiger partial charge in [-0.1, -0.05) is 0 Å². The van der Waals surface area contributed by atoms with Gasteiger partial charge in [0.1, 0.15) is 5.82 Å². The number of aromatic nitrogens is 1. The van der Waals surface area contributed by atoms with Crippen LogP contribution in [-0.4, -0.2) is 42.0 Å². The minimum Gasteiger partial charge on any atom is -0.339 e. The number of rotatable bonds is 1. The molecule has 0 unspecified atom stereocenters. The van der Waals surface area contributed by atoms with Crippen LogP contribution in [-0.2, 0) is 0 Å². The van der Waals surface area contributed by atoms with Crippen molar-refractivity contribution in [3.8, 4) is 0 Å². The summed E-state index contributed by atoms with van der Waals surface area (Å²) in [5, 5.41) is 3.40. The summed E-state index contributed by atoms with van der Waals surface area (Å²) in [7, 11) is 0. The zero-order chi connectivity index (χ0) is 13.3. The fourth-order valence-corrected chi connectivity index (χ4v) is 3.12. The Hall–Kier alpha value is -1.49.